The second-order valence-electron chi connectivity index (χ2n) is 4.86. The molecule has 1 aliphatic rings. The number of carboxylic acid groups (broad SMARTS) is 1. The van der Waals surface area contributed by atoms with E-state index in [1.165, 1.54) is 23.9 Å². The number of thioether (sulfide) groups is 1. The third-order valence-electron chi connectivity index (χ3n) is 3.31. The fourth-order valence-corrected chi connectivity index (χ4v) is 3.11. The molecule has 0 aliphatic carbocycles. The zero-order valence-electron chi connectivity index (χ0n) is 12.2. The van der Waals surface area contributed by atoms with Gasteiger partial charge in [0.05, 0.1) is 23.3 Å². The highest BCUT2D eigenvalue weighted by Crippen LogP contribution is 2.39. The van der Waals surface area contributed by atoms with Gasteiger partial charge in [-0.2, -0.15) is 0 Å². The largest absolute Gasteiger partial charge is 0.497 e. The van der Waals surface area contributed by atoms with E-state index in [-0.39, 0.29) is 11.5 Å². The predicted molar refractivity (Wildman–Crippen MR) is 88.9 cm³/mol. The van der Waals surface area contributed by atoms with Gasteiger partial charge in [-0.1, -0.05) is 23.9 Å². The van der Waals surface area contributed by atoms with E-state index in [9.17, 15) is 9.59 Å². The number of carbonyl (C=O) groups excluding carboxylic acids is 1. The van der Waals surface area contributed by atoms with Crippen molar-refractivity contribution >= 4 is 35.4 Å². The molecule has 0 spiro atoms. The Morgan fingerprint density at radius 1 is 1.26 bits per heavy atom. The number of anilines is 1. The molecule has 5 nitrogen and oxygen atoms in total. The van der Waals surface area contributed by atoms with Gasteiger partial charge in [0.25, 0.3) is 5.91 Å². The van der Waals surface area contributed by atoms with Crippen molar-refractivity contribution in [3.05, 3.63) is 58.5 Å². The maximum absolute atomic E-state index is 12.2. The number of amides is 1. The standard InChI is InChI=1S/C17H13NO4S/c1-22-12-4-2-3-10(7-12)8-15-16(19)18-13-9-11(17(20)21)5-6-14(13)23-15/h2-9H,1H3,(H,18,19)(H,20,21)/b15-8+. The van der Waals surface area contributed by atoms with Crippen LogP contribution >= 0.6 is 11.8 Å². The molecule has 0 saturated heterocycles. The fraction of sp³-hybridized carbons (Fsp3) is 0.0588. The lowest BCUT2D eigenvalue weighted by Crippen LogP contribution is -2.17. The zero-order valence-corrected chi connectivity index (χ0v) is 13.0. The number of carbonyl (C=O) groups is 2. The molecular formula is C17H13NO4S. The summed E-state index contributed by atoms with van der Waals surface area (Å²) in [6.45, 7) is 0. The summed E-state index contributed by atoms with van der Waals surface area (Å²) in [4.78, 5) is 24.6. The summed E-state index contributed by atoms with van der Waals surface area (Å²) in [7, 11) is 1.59. The summed E-state index contributed by atoms with van der Waals surface area (Å²) in [5, 5.41) is 11.7. The predicted octanol–water partition coefficient (Wildman–Crippen LogP) is 3.48. The first-order valence-corrected chi connectivity index (χ1v) is 7.61. The second-order valence-corrected chi connectivity index (χ2v) is 5.94. The molecule has 2 aromatic carbocycles. The summed E-state index contributed by atoms with van der Waals surface area (Å²) in [6, 6.07) is 12.1. The first-order valence-electron chi connectivity index (χ1n) is 6.79. The maximum Gasteiger partial charge on any atom is 0.335 e. The molecule has 1 heterocycles. The quantitative estimate of drug-likeness (QED) is 0.844. The minimum atomic E-state index is -1.02. The SMILES string of the molecule is COc1cccc(/C=C2/Sc3ccc(C(=O)O)cc3NC2=O)c1. The van der Waals surface area contributed by atoms with Crippen LogP contribution in [-0.2, 0) is 4.79 Å². The van der Waals surface area contributed by atoms with Crippen LogP contribution in [0.2, 0.25) is 0 Å². The molecule has 116 valence electrons. The van der Waals surface area contributed by atoms with Crippen molar-refractivity contribution < 1.29 is 19.4 Å². The molecule has 6 heteroatoms. The minimum absolute atomic E-state index is 0.143. The molecule has 0 saturated carbocycles. The Balaban J connectivity index is 1.93. The summed E-state index contributed by atoms with van der Waals surface area (Å²) >= 11 is 1.31. The van der Waals surface area contributed by atoms with Gasteiger partial charge in [0, 0.05) is 4.90 Å². The van der Waals surface area contributed by atoms with E-state index in [1.54, 1.807) is 19.3 Å². The van der Waals surface area contributed by atoms with Crippen molar-refractivity contribution in [2.24, 2.45) is 0 Å². The lowest BCUT2D eigenvalue weighted by atomic mass is 10.2. The summed E-state index contributed by atoms with van der Waals surface area (Å²) in [6.07, 6.45) is 1.77. The number of benzene rings is 2. The summed E-state index contributed by atoms with van der Waals surface area (Å²) in [5.74, 6) is -0.565. The molecule has 0 fully saturated rings. The molecule has 23 heavy (non-hydrogen) atoms. The van der Waals surface area contributed by atoms with E-state index in [1.807, 2.05) is 24.3 Å². The number of carboxylic acids is 1. The van der Waals surface area contributed by atoms with Gasteiger partial charge in [0.15, 0.2) is 0 Å². The molecule has 2 N–H and O–H groups in total. The number of fused-ring (bicyclic) bond motifs is 1. The van der Waals surface area contributed by atoms with Crippen LogP contribution in [-0.4, -0.2) is 24.1 Å². The highest BCUT2D eigenvalue weighted by atomic mass is 32.2. The van der Waals surface area contributed by atoms with Gasteiger partial charge in [-0.05, 0) is 42.0 Å². The first kappa shape index (κ1) is 15.2. The summed E-state index contributed by atoms with van der Waals surface area (Å²) in [5.41, 5.74) is 1.51. The third-order valence-corrected chi connectivity index (χ3v) is 4.41. The molecule has 1 aliphatic heterocycles. The van der Waals surface area contributed by atoms with Gasteiger partial charge in [0.1, 0.15) is 5.75 Å². The van der Waals surface area contributed by atoms with Gasteiger partial charge in [-0.15, -0.1) is 0 Å². The normalized spacial score (nSPS) is 15.0. The Hall–Kier alpha value is -2.73. The molecule has 0 radical (unpaired) electrons. The van der Waals surface area contributed by atoms with Crippen molar-refractivity contribution in [3.63, 3.8) is 0 Å². The monoisotopic (exact) mass is 327 g/mol. The third kappa shape index (κ3) is 3.22. The van der Waals surface area contributed by atoms with E-state index < -0.39 is 5.97 Å². The number of methoxy groups -OCH3 is 1. The number of aromatic carboxylic acids is 1. The van der Waals surface area contributed by atoms with Gasteiger partial charge in [-0.25, -0.2) is 4.79 Å². The molecule has 1 amide bonds. The number of rotatable bonds is 3. The van der Waals surface area contributed by atoms with Gasteiger partial charge in [0.2, 0.25) is 0 Å². The highest BCUT2D eigenvalue weighted by molar-refractivity contribution is 8.04. The maximum atomic E-state index is 12.2. The lowest BCUT2D eigenvalue weighted by Gasteiger charge is -2.19. The van der Waals surface area contributed by atoms with E-state index in [2.05, 4.69) is 5.32 Å². The minimum Gasteiger partial charge on any atom is -0.497 e. The number of hydrogen-bond donors (Lipinski definition) is 2. The molecule has 0 bridgehead atoms. The van der Waals surface area contributed by atoms with E-state index in [4.69, 9.17) is 9.84 Å². The Labute approximate surface area is 137 Å². The average molecular weight is 327 g/mol. The van der Waals surface area contributed by atoms with Crippen LogP contribution in [0.15, 0.2) is 52.3 Å². The number of ether oxygens (including phenoxy) is 1. The van der Waals surface area contributed by atoms with Gasteiger partial charge >= 0.3 is 5.97 Å². The van der Waals surface area contributed by atoms with Crippen molar-refractivity contribution in [3.8, 4) is 5.75 Å². The lowest BCUT2D eigenvalue weighted by molar-refractivity contribution is -0.112. The number of hydrogen-bond acceptors (Lipinski definition) is 4. The first-order chi connectivity index (χ1) is 11.1. The Morgan fingerprint density at radius 2 is 2.09 bits per heavy atom. The average Bonchev–Trinajstić information content (AvgIpc) is 2.55. The van der Waals surface area contributed by atoms with E-state index in [0.29, 0.717) is 16.3 Å². The van der Waals surface area contributed by atoms with E-state index >= 15 is 0 Å². The Kier molecular flexibility index (Phi) is 4.08. The van der Waals surface area contributed by atoms with Crippen LogP contribution in [0.4, 0.5) is 5.69 Å². The van der Waals surface area contributed by atoms with Crippen LogP contribution in [0, 0.1) is 0 Å². The number of nitrogens with one attached hydrogen (secondary N) is 1. The summed E-state index contributed by atoms with van der Waals surface area (Å²) < 4.78 is 5.17. The van der Waals surface area contributed by atoms with Gasteiger partial charge in [-0.3, -0.25) is 4.79 Å². The fourth-order valence-electron chi connectivity index (χ4n) is 2.18. The van der Waals surface area contributed by atoms with Crippen LogP contribution in [0.1, 0.15) is 15.9 Å². The van der Waals surface area contributed by atoms with Crippen LogP contribution in [0.3, 0.4) is 0 Å². The smallest absolute Gasteiger partial charge is 0.335 e. The van der Waals surface area contributed by atoms with Crippen LogP contribution in [0.25, 0.3) is 6.08 Å². The second kappa shape index (κ2) is 6.18. The highest BCUT2D eigenvalue weighted by Gasteiger charge is 2.22. The van der Waals surface area contributed by atoms with Crippen molar-refractivity contribution in [1.29, 1.82) is 0 Å². The van der Waals surface area contributed by atoms with Crippen molar-refractivity contribution in [2.75, 3.05) is 12.4 Å². The van der Waals surface area contributed by atoms with Crippen molar-refractivity contribution in [1.82, 2.24) is 0 Å². The van der Waals surface area contributed by atoms with E-state index in [0.717, 1.165) is 10.5 Å². The van der Waals surface area contributed by atoms with Crippen molar-refractivity contribution in [2.45, 2.75) is 4.90 Å². The topological polar surface area (TPSA) is 75.6 Å². The molecular weight excluding hydrogens is 314 g/mol. The molecule has 0 aromatic heterocycles. The molecule has 2 aromatic rings. The molecule has 0 atom stereocenters. The van der Waals surface area contributed by atoms with Crippen LogP contribution in [0.5, 0.6) is 5.75 Å². The Morgan fingerprint density at radius 3 is 2.83 bits per heavy atom. The molecule has 0 unspecified atom stereocenters. The molecule has 3 rings (SSSR count). The van der Waals surface area contributed by atoms with Gasteiger partial charge < -0.3 is 15.2 Å². The zero-order chi connectivity index (χ0) is 16.4. The van der Waals surface area contributed by atoms with Crippen LogP contribution < -0.4 is 10.1 Å². The Bertz CT molecular complexity index is 829.